The molecule has 0 saturated heterocycles. The molecule has 18 heavy (non-hydrogen) atoms. The van der Waals surface area contributed by atoms with Crippen LogP contribution in [0, 0.1) is 20.8 Å². The minimum absolute atomic E-state index is 0.220. The van der Waals surface area contributed by atoms with Gasteiger partial charge in [-0.1, -0.05) is 19.1 Å². The van der Waals surface area contributed by atoms with Crippen molar-refractivity contribution in [3.63, 3.8) is 0 Å². The van der Waals surface area contributed by atoms with Gasteiger partial charge in [0.05, 0.1) is 0 Å². The Morgan fingerprint density at radius 1 is 1.00 bits per heavy atom. The summed E-state index contributed by atoms with van der Waals surface area (Å²) in [6, 6.07) is 4.69. The summed E-state index contributed by atoms with van der Waals surface area (Å²) in [7, 11) is 0. The lowest BCUT2D eigenvalue weighted by Gasteiger charge is -2.23. The number of rotatable bonds is 4. The largest absolute Gasteiger partial charge is 0.312 e. The van der Waals surface area contributed by atoms with Crippen LogP contribution >= 0.6 is 0 Å². The number of aryl methyl sites for hydroxylation is 3. The van der Waals surface area contributed by atoms with Crippen molar-refractivity contribution in [2.24, 2.45) is 0 Å². The SMILES string of the molecule is Cc1cc(C)c(C(C)CCNC(C)(C)C)cc1C. The molecule has 0 spiro atoms. The first-order valence-corrected chi connectivity index (χ1v) is 7.03. The smallest absolute Gasteiger partial charge is 0.00965 e. The van der Waals surface area contributed by atoms with Gasteiger partial charge in [-0.25, -0.2) is 0 Å². The molecule has 0 aliphatic carbocycles. The Hall–Kier alpha value is -0.820. The summed E-state index contributed by atoms with van der Waals surface area (Å²) >= 11 is 0. The highest BCUT2D eigenvalue weighted by Gasteiger charge is 2.12. The van der Waals surface area contributed by atoms with Gasteiger partial charge in [-0.2, -0.15) is 0 Å². The third-order valence-electron chi connectivity index (χ3n) is 3.65. The first-order chi connectivity index (χ1) is 8.20. The standard InChI is InChI=1S/C17H29N/c1-12(8-9-18-17(5,6)7)16-11-14(3)13(2)10-15(16)4/h10-12,18H,8-9H2,1-7H3. The minimum Gasteiger partial charge on any atom is -0.312 e. The van der Waals surface area contributed by atoms with Crippen LogP contribution < -0.4 is 5.32 Å². The van der Waals surface area contributed by atoms with Crippen molar-refractivity contribution in [3.05, 3.63) is 34.4 Å². The molecular weight excluding hydrogens is 218 g/mol. The molecule has 1 rings (SSSR count). The van der Waals surface area contributed by atoms with E-state index in [1.54, 1.807) is 0 Å². The van der Waals surface area contributed by atoms with Crippen LogP contribution in [-0.4, -0.2) is 12.1 Å². The highest BCUT2D eigenvalue weighted by molar-refractivity contribution is 5.38. The third-order valence-corrected chi connectivity index (χ3v) is 3.65. The third kappa shape index (κ3) is 4.45. The molecule has 0 aromatic heterocycles. The Kier molecular flexibility index (Phi) is 4.98. The molecular formula is C17H29N. The van der Waals surface area contributed by atoms with Crippen LogP contribution in [0.25, 0.3) is 0 Å². The number of nitrogens with one attached hydrogen (secondary N) is 1. The summed E-state index contributed by atoms with van der Waals surface area (Å²) < 4.78 is 0. The molecule has 0 fully saturated rings. The molecule has 1 unspecified atom stereocenters. The summed E-state index contributed by atoms with van der Waals surface area (Å²) in [5.74, 6) is 0.624. The Morgan fingerprint density at radius 2 is 1.56 bits per heavy atom. The molecule has 0 bridgehead atoms. The maximum Gasteiger partial charge on any atom is 0.00965 e. The maximum absolute atomic E-state index is 3.57. The van der Waals surface area contributed by atoms with E-state index >= 15 is 0 Å². The van der Waals surface area contributed by atoms with Gasteiger partial charge >= 0.3 is 0 Å². The molecule has 0 amide bonds. The monoisotopic (exact) mass is 247 g/mol. The number of hydrogen-bond donors (Lipinski definition) is 1. The highest BCUT2D eigenvalue weighted by Crippen LogP contribution is 2.25. The Morgan fingerprint density at radius 3 is 2.11 bits per heavy atom. The zero-order chi connectivity index (χ0) is 13.9. The van der Waals surface area contributed by atoms with E-state index in [1.807, 2.05) is 0 Å². The van der Waals surface area contributed by atoms with Crippen LogP contribution in [0.1, 0.15) is 62.3 Å². The zero-order valence-electron chi connectivity index (χ0n) is 13.1. The minimum atomic E-state index is 0.220. The van der Waals surface area contributed by atoms with E-state index in [-0.39, 0.29) is 5.54 Å². The Bertz CT molecular complexity index is 399. The van der Waals surface area contributed by atoms with Gasteiger partial charge in [-0.3, -0.25) is 0 Å². The van der Waals surface area contributed by atoms with Gasteiger partial charge in [0.1, 0.15) is 0 Å². The predicted octanol–water partition coefficient (Wildman–Crippen LogP) is 4.49. The summed E-state index contributed by atoms with van der Waals surface area (Å²) in [5, 5.41) is 3.57. The zero-order valence-corrected chi connectivity index (χ0v) is 13.1. The van der Waals surface area contributed by atoms with Crippen molar-refractivity contribution in [3.8, 4) is 0 Å². The summed E-state index contributed by atoms with van der Waals surface area (Å²) in [6.07, 6.45) is 1.20. The van der Waals surface area contributed by atoms with Gasteiger partial charge in [-0.05, 0) is 82.7 Å². The molecule has 102 valence electrons. The van der Waals surface area contributed by atoms with Crippen molar-refractivity contribution in [1.82, 2.24) is 5.32 Å². The number of benzene rings is 1. The summed E-state index contributed by atoms with van der Waals surface area (Å²) in [6.45, 7) is 16.7. The fourth-order valence-electron chi connectivity index (χ4n) is 2.33. The van der Waals surface area contributed by atoms with Crippen LogP contribution in [0.4, 0.5) is 0 Å². The second kappa shape index (κ2) is 5.88. The van der Waals surface area contributed by atoms with Gasteiger partial charge in [-0.15, -0.1) is 0 Å². The molecule has 0 heterocycles. The molecule has 0 radical (unpaired) electrons. The van der Waals surface area contributed by atoms with Gasteiger partial charge < -0.3 is 5.32 Å². The van der Waals surface area contributed by atoms with Crippen LogP contribution in [0.2, 0.25) is 0 Å². The molecule has 1 aromatic carbocycles. The molecule has 0 aliphatic heterocycles. The van der Waals surface area contributed by atoms with Crippen molar-refractivity contribution in [2.45, 2.75) is 66.3 Å². The van der Waals surface area contributed by atoms with Crippen LogP contribution in [-0.2, 0) is 0 Å². The molecule has 1 heteroatoms. The first-order valence-electron chi connectivity index (χ1n) is 7.03. The normalized spacial score (nSPS) is 13.7. The van der Waals surface area contributed by atoms with E-state index in [4.69, 9.17) is 0 Å². The van der Waals surface area contributed by atoms with Gasteiger partial charge in [0.25, 0.3) is 0 Å². The van der Waals surface area contributed by atoms with E-state index in [0.717, 1.165) is 6.54 Å². The Balaban J connectivity index is 2.67. The lowest BCUT2D eigenvalue weighted by atomic mass is 9.90. The van der Waals surface area contributed by atoms with Gasteiger partial charge in [0.15, 0.2) is 0 Å². The predicted molar refractivity (Wildman–Crippen MR) is 81.4 cm³/mol. The lowest BCUT2D eigenvalue weighted by molar-refractivity contribution is 0.413. The average Bonchev–Trinajstić information content (AvgIpc) is 2.21. The van der Waals surface area contributed by atoms with E-state index in [9.17, 15) is 0 Å². The summed E-state index contributed by atoms with van der Waals surface area (Å²) in [5.41, 5.74) is 5.97. The van der Waals surface area contributed by atoms with Crippen LogP contribution in [0.15, 0.2) is 12.1 Å². The van der Waals surface area contributed by atoms with Crippen molar-refractivity contribution in [2.75, 3.05) is 6.54 Å². The van der Waals surface area contributed by atoms with E-state index in [0.29, 0.717) is 5.92 Å². The molecule has 1 N–H and O–H groups in total. The molecule has 0 aliphatic rings. The van der Waals surface area contributed by atoms with E-state index < -0.39 is 0 Å². The van der Waals surface area contributed by atoms with Crippen molar-refractivity contribution in [1.29, 1.82) is 0 Å². The van der Waals surface area contributed by atoms with Crippen LogP contribution in [0.3, 0.4) is 0 Å². The quantitative estimate of drug-likeness (QED) is 0.826. The summed E-state index contributed by atoms with van der Waals surface area (Å²) in [4.78, 5) is 0. The van der Waals surface area contributed by atoms with Crippen molar-refractivity contribution < 1.29 is 0 Å². The lowest BCUT2D eigenvalue weighted by Crippen LogP contribution is -2.36. The molecule has 1 atom stereocenters. The molecule has 1 nitrogen and oxygen atoms in total. The van der Waals surface area contributed by atoms with E-state index in [1.165, 1.54) is 28.7 Å². The fourth-order valence-corrected chi connectivity index (χ4v) is 2.33. The topological polar surface area (TPSA) is 12.0 Å². The van der Waals surface area contributed by atoms with Crippen molar-refractivity contribution >= 4 is 0 Å². The fraction of sp³-hybridized carbons (Fsp3) is 0.647. The second-order valence-corrected chi connectivity index (χ2v) is 6.66. The van der Waals surface area contributed by atoms with E-state index in [2.05, 4.69) is 65.9 Å². The van der Waals surface area contributed by atoms with Crippen LogP contribution in [0.5, 0.6) is 0 Å². The average molecular weight is 247 g/mol. The van der Waals surface area contributed by atoms with Gasteiger partial charge in [0.2, 0.25) is 0 Å². The molecule has 1 aromatic rings. The van der Waals surface area contributed by atoms with Gasteiger partial charge in [0, 0.05) is 5.54 Å². The molecule has 0 saturated carbocycles. The highest BCUT2D eigenvalue weighted by atomic mass is 14.9. The maximum atomic E-state index is 3.57. The number of hydrogen-bond acceptors (Lipinski definition) is 1. The first kappa shape index (κ1) is 15.2. The second-order valence-electron chi connectivity index (χ2n) is 6.66. The Labute approximate surface area is 113 Å².